The summed E-state index contributed by atoms with van der Waals surface area (Å²) < 4.78 is 12.2. The largest absolute Gasteiger partial charge is 0.455 e. The number of aromatic nitrogens is 3. The first-order valence-electron chi connectivity index (χ1n) is 5.03. The van der Waals surface area contributed by atoms with Crippen molar-refractivity contribution in [3.63, 3.8) is 0 Å². The summed E-state index contributed by atoms with van der Waals surface area (Å²) in [5.41, 5.74) is 2.53. The maximum absolute atomic E-state index is 10.7. The van der Waals surface area contributed by atoms with Crippen LogP contribution in [0.4, 0.5) is 0 Å². The van der Waals surface area contributed by atoms with Crippen LogP contribution in [0.3, 0.4) is 0 Å². The number of aryl methyl sites for hydroxylation is 2. The summed E-state index contributed by atoms with van der Waals surface area (Å²) in [5.74, 6) is 0.597. The van der Waals surface area contributed by atoms with Crippen LogP contribution >= 0.6 is 0 Å². The van der Waals surface area contributed by atoms with Crippen molar-refractivity contribution >= 4 is 17.4 Å². The summed E-state index contributed by atoms with van der Waals surface area (Å²) in [6, 6.07) is 0. The maximum Gasteiger partial charge on any atom is 0.231 e. The van der Waals surface area contributed by atoms with Crippen LogP contribution in [0.25, 0.3) is 22.6 Å². The molecule has 3 heterocycles. The third-order valence-electron chi connectivity index (χ3n) is 2.53. The molecule has 0 aliphatic heterocycles. The molecule has 0 aliphatic carbocycles. The number of fused-ring (bicyclic) bond motifs is 1. The van der Waals surface area contributed by atoms with E-state index in [1.165, 1.54) is 6.26 Å². The van der Waals surface area contributed by atoms with Crippen LogP contribution in [-0.4, -0.2) is 21.1 Å². The summed E-state index contributed by atoms with van der Waals surface area (Å²) in [6.07, 6.45) is 3.82. The predicted molar refractivity (Wildman–Crippen MR) is 58.6 cm³/mol. The van der Waals surface area contributed by atoms with Gasteiger partial charge in [0.1, 0.15) is 11.8 Å². The Hall–Kier alpha value is -2.37. The van der Waals surface area contributed by atoms with Crippen LogP contribution in [0.15, 0.2) is 21.3 Å². The molecule has 0 atom stereocenters. The van der Waals surface area contributed by atoms with Gasteiger partial charge in [-0.3, -0.25) is 9.48 Å². The van der Waals surface area contributed by atoms with Gasteiger partial charge in [-0.25, -0.2) is 4.98 Å². The van der Waals surface area contributed by atoms with Crippen molar-refractivity contribution in [2.24, 2.45) is 7.05 Å². The molecule has 0 radical (unpaired) electrons. The highest BCUT2D eigenvalue weighted by Gasteiger charge is 2.17. The smallest absolute Gasteiger partial charge is 0.231 e. The van der Waals surface area contributed by atoms with E-state index in [0.717, 1.165) is 11.3 Å². The molecule has 0 aromatic carbocycles. The van der Waals surface area contributed by atoms with Crippen molar-refractivity contribution in [3.05, 3.63) is 23.9 Å². The lowest BCUT2D eigenvalue weighted by Crippen LogP contribution is -1.86. The maximum atomic E-state index is 10.7. The third kappa shape index (κ3) is 1.37. The van der Waals surface area contributed by atoms with Gasteiger partial charge < -0.3 is 8.83 Å². The van der Waals surface area contributed by atoms with E-state index in [-0.39, 0.29) is 5.76 Å². The summed E-state index contributed by atoms with van der Waals surface area (Å²) in [4.78, 5) is 15.0. The van der Waals surface area contributed by atoms with Crippen molar-refractivity contribution < 1.29 is 13.6 Å². The van der Waals surface area contributed by atoms with E-state index >= 15 is 0 Å². The highest BCUT2D eigenvalue weighted by molar-refractivity contribution is 5.91. The van der Waals surface area contributed by atoms with Crippen LogP contribution in [0.1, 0.15) is 16.2 Å². The number of carbonyl (C=O) groups excluding carboxylic acids is 1. The molecule has 0 amide bonds. The number of hydrogen-bond acceptors (Lipinski definition) is 5. The van der Waals surface area contributed by atoms with Crippen LogP contribution < -0.4 is 0 Å². The van der Waals surface area contributed by atoms with E-state index in [4.69, 9.17) is 8.83 Å². The van der Waals surface area contributed by atoms with E-state index in [1.807, 2.05) is 20.2 Å². The van der Waals surface area contributed by atoms with Gasteiger partial charge in [-0.1, -0.05) is 0 Å². The highest BCUT2D eigenvalue weighted by atomic mass is 16.4. The number of hydrogen-bond donors (Lipinski definition) is 0. The molecule has 0 saturated heterocycles. The standard InChI is InChI=1S/C11H9N3O3/c1-6-7(3-14(2)13-6)11-12-8-5-16-9(4-15)10(8)17-11/h3-5H,1-2H3. The molecule has 3 aromatic rings. The lowest BCUT2D eigenvalue weighted by atomic mass is 10.3. The average Bonchev–Trinajstić information content (AvgIpc) is 2.91. The first-order valence-corrected chi connectivity index (χ1v) is 5.03. The first-order chi connectivity index (χ1) is 8.19. The molecule has 0 saturated carbocycles. The number of nitrogens with zero attached hydrogens (tertiary/aromatic N) is 3. The number of carbonyl (C=O) groups is 1. The zero-order chi connectivity index (χ0) is 12.0. The second kappa shape index (κ2) is 3.31. The Balaban J connectivity index is 2.21. The molecule has 86 valence electrons. The molecular weight excluding hydrogens is 222 g/mol. The van der Waals surface area contributed by atoms with Gasteiger partial charge in [0.2, 0.25) is 17.2 Å². The second-order valence-corrected chi connectivity index (χ2v) is 3.75. The fourth-order valence-electron chi connectivity index (χ4n) is 1.77. The number of aldehydes is 1. The monoisotopic (exact) mass is 231 g/mol. The Morgan fingerprint density at radius 2 is 2.29 bits per heavy atom. The Kier molecular flexibility index (Phi) is 1.91. The topological polar surface area (TPSA) is 74.1 Å². The predicted octanol–water partition coefficient (Wildman–Crippen LogP) is 1.94. The van der Waals surface area contributed by atoms with Gasteiger partial charge in [0.05, 0.1) is 11.3 Å². The normalized spacial score (nSPS) is 11.2. The second-order valence-electron chi connectivity index (χ2n) is 3.75. The third-order valence-corrected chi connectivity index (χ3v) is 2.53. The van der Waals surface area contributed by atoms with Crippen molar-refractivity contribution in [3.8, 4) is 11.5 Å². The lowest BCUT2D eigenvalue weighted by Gasteiger charge is -1.89. The van der Waals surface area contributed by atoms with Gasteiger partial charge >= 0.3 is 0 Å². The number of furan rings is 1. The van der Waals surface area contributed by atoms with E-state index in [1.54, 1.807) is 4.68 Å². The molecule has 0 bridgehead atoms. The Bertz CT molecular complexity index is 705. The Labute approximate surface area is 95.8 Å². The Morgan fingerprint density at radius 1 is 1.47 bits per heavy atom. The van der Waals surface area contributed by atoms with Crippen molar-refractivity contribution in [2.45, 2.75) is 6.92 Å². The zero-order valence-corrected chi connectivity index (χ0v) is 9.30. The molecule has 6 heteroatoms. The van der Waals surface area contributed by atoms with Gasteiger partial charge in [-0.05, 0) is 6.92 Å². The van der Waals surface area contributed by atoms with Crippen LogP contribution in [0.2, 0.25) is 0 Å². The van der Waals surface area contributed by atoms with Gasteiger partial charge in [0.15, 0.2) is 6.29 Å². The number of rotatable bonds is 2. The molecule has 0 spiro atoms. The molecule has 0 aliphatic rings. The number of oxazole rings is 1. The minimum absolute atomic E-state index is 0.153. The Morgan fingerprint density at radius 3 is 2.94 bits per heavy atom. The molecule has 3 rings (SSSR count). The minimum atomic E-state index is 0.153. The molecule has 0 unspecified atom stereocenters. The average molecular weight is 231 g/mol. The summed E-state index contributed by atoms with van der Waals surface area (Å²) >= 11 is 0. The lowest BCUT2D eigenvalue weighted by molar-refractivity contribution is 0.110. The molecule has 17 heavy (non-hydrogen) atoms. The van der Waals surface area contributed by atoms with E-state index in [0.29, 0.717) is 23.3 Å². The van der Waals surface area contributed by atoms with Gasteiger partial charge in [-0.15, -0.1) is 0 Å². The fourth-order valence-corrected chi connectivity index (χ4v) is 1.77. The van der Waals surface area contributed by atoms with Crippen molar-refractivity contribution in [1.82, 2.24) is 14.8 Å². The first kappa shape index (κ1) is 9.83. The molecule has 0 fully saturated rings. The summed E-state index contributed by atoms with van der Waals surface area (Å²) in [7, 11) is 1.82. The zero-order valence-electron chi connectivity index (χ0n) is 9.30. The molecule has 0 N–H and O–H groups in total. The van der Waals surface area contributed by atoms with E-state index in [9.17, 15) is 4.79 Å². The van der Waals surface area contributed by atoms with Crippen molar-refractivity contribution in [2.75, 3.05) is 0 Å². The molecule has 3 aromatic heterocycles. The quantitative estimate of drug-likeness (QED) is 0.630. The van der Waals surface area contributed by atoms with Gasteiger partial charge in [0, 0.05) is 13.2 Å². The van der Waals surface area contributed by atoms with Crippen LogP contribution in [0, 0.1) is 6.92 Å². The fraction of sp³-hybridized carbons (Fsp3) is 0.182. The summed E-state index contributed by atoms with van der Waals surface area (Å²) in [5, 5.41) is 4.21. The van der Waals surface area contributed by atoms with E-state index in [2.05, 4.69) is 10.1 Å². The van der Waals surface area contributed by atoms with Gasteiger partial charge in [-0.2, -0.15) is 5.10 Å². The SMILES string of the molecule is Cc1nn(C)cc1-c1nc2coc(C=O)c2o1. The minimum Gasteiger partial charge on any atom is -0.455 e. The van der Waals surface area contributed by atoms with Crippen molar-refractivity contribution in [1.29, 1.82) is 0 Å². The molecular formula is C11H9N3O3. The van der Waals surface area contributed by atoms with Crippen LogP contribution in [0.5, 0.6) is 0 Å². The highest BCUT2D eigenvalue weighted by Crippen LogP contribution is 2.28. The van der Waals surface area contributed by atoms with Crippen LogP contribution in [-0.2, 0) is 7.05 Å². The molecule has 6 nitrogen and oxygen atoms in total. The summed E-state index contributed by atoms with van der Waals surface area (Å²) in [6.45, 7) is 1.87. The van der Waals surface area contributed by atoms with E-state index < -0.39 is 0 Å². The van der Waals surface area contributed by atoms with Gasteiger partial charge in [0.25, 0.3) is 0 Å².